The molecule has 0 saturated carbocycles. The van der Waals surface area contributed by atoms with Gasteiger partial charge in [0, 0.05) is 18.4 Å². The molecule has 0 aliphatic carbocycles. The molecule has 1 fully saturated rings. The predicted molar refractivity (Wildman–Crippen MR) is 61.5 cm³/mol. The molecular weight excluding hydrogens is 200 g/mol. The summed E-state index contributed by atoms with van der Waals surface area (Å²) in [6.45, 7) is 2.60. The summed E-state index contributed by atoms with van der Waals surface area (Å²) in [4.78, 5) is 0. The maximum Gasteiger partial charge on any atom is 0.156 e. The quantitative estimate of drug-likeness (QED) is 0.701. The minimum absolute atomic E-state index is 0.0552. The normalized spacial score (nSPS) is 34.3. The Kier molecular flexibility index (Phi) is 2.95. The molecule has 1 saturated heterocycles. The number of nitrogens with one attached hydrogen (secondary N) is 1. The van der Waals surface area contributed by atoms with E-state index in [1.807, 2.05) is 43.3 Å². The number of rotatable bonds is 1. The number of nitriles is 1. The molecule has 0 bridgehead atoms. The average Bonchev–Trinajstić information content (AvgIpc) is 2.34. The summed E-state index contributed by atoms with van der Waals surface area (Å²) in [5.74, 6) is -0.103. The molecule has 2 rings (SSSR count). The second kappa shape index (κ2) is 4.25. The van der Waals surface area contributed by atoms with Gasteiger partial charge in [-0.3, -0.25) is 0 Å². The minimum Gasteiger partial charge on any atom is -0.375 e. The number of hydrogen-bond donors (Lipinski definition) is 2. The molecule has 1 aliphatic heterocycles. The van der Waals surface area contributed by atoms with Crippen molar-refractivity contribution in [3.8, 4) is 6.07 Å². The van der Waals surface area contributed by atoms with Crippen LogP contribution in [0.25, 0.3) is 0 Å². The molecule has 3 heteroatoms. The van der Waals surface area contributed by atoms with Crippen molar-refractivity contribution in [3.63, 3.8) is 0 Å². The third-order valence-corrected chi connectivity index (χ3v) is 3.48. The Morgan fingerprint density at radius 3 is 2.75 bits per heavy atom. The molecule has 84 valence electrons. The lowest BCUT2D eigenvalue weighted by atomic mass is 9.76. The van der Waals surface area contributed by atoms with Gasteiger partial charge in [-0.25, -0.2) is 0 Å². The van der Waals surface area contributed by atoms with E-state index >= 15 is 0 Å². The van der Waals surface area contributed by atoms with Crippen LogP contribution in [0.15, 0.2) is 30.3 Å². The van der Waals surface area contributed by atoms with Gasteiger partial charge in [0.05, 0.1) is 6.07 Å². The van der Waals surface area contributed by atoms with Crippen LogP contribution < -0.4 is 5.32 Å². The largest absolute Gasteiger partial charge is 0.375 e. The number of nitrogens with zero attached hydrogens (tertiary/aromatic N) is 1. The first-order valence-electron chi connectivity index (χ1n) is 5.59. The Morgan fingerprint density at radius 2 is 2.12 bits per heavy atom. The van der Waals surface area contributed by atoms with Gasteiger partial charge in [0.2, 0.25) is 0 Å². The van der Waals surface area contributed by atoms with Crippen LogP contribution in [-0.4, -0.2) is 17.3 Å². The third kappa shape index (κ3) is 1.82. The van der Waals surface area contributed by atoms with Gasteiger partial charge in [0.25, 0.3) is 0 Å². The minimum atomic E-state index is -1.20. The van der Waals surface area contributed by atoms with Crippen molar-refractivity contribution in [2.75, 3.05) is 6.54 Å². The fourth-order valence-corrected chi connectivity index (χ4v) is 2.32. The van der Waals surface area contributed by atoms with Crippen LogP contribution in [0.4, 0.5) is 0 Å². The molecule has 3 nitrogen and oxygen atoms in total. The van der Waals surface area contributed by atoms with Crippen molar-refractivity contribution in [1.29, 1.82) is 5.26 Å². The Bertz CT molecular complexity index is 398. The molecule has 3 atom stereocenters. The molecule has 2 N–H and O–H groups in total. The first kappa shape index (κ1) is 11.1. The van der Waals surface area contributed by atoms with E-state index in [1.165, 1.54) is 0 Å². The zero-order valence-electron chi connectivity index (χ0n) is 9.35. The lowest BCUT2D eigenvalue weighted by Gasteiger charge is -2.39. The topological polar surface area (TPSA) is 56.0 Å². The average molecular weight is 216 g/mol. The summed E-state index contributed by atoms with van der Waals surface area (Å²) in [5.41, 5.74) is -0.0745. The first-order valence-corrected chi connectivity index (χ1v) is 5.59. The van der Waals surface area contributed by atoms with E-state index in [9.17, 15) is 5.11 Å². The molecule has 16 heavy (non-hydrogen) atoms. The fraction of sp³-hybridized carbons (Fsp3) is 0.462. The number of aliphatic hydroxyl groups is 1. The fourth-order valence-electron chi connectivity index (χ4n) is 2.32. The van der Waals surface area contributed by atoms with Crippen LogP contribution in [0.1, 0.15) is 24.9 Å². The molecule has 0 spiro atoms. The summed E-state index contributed by atoms with van der Waals surface area (Å²) in [6, 6.07) is 12.1. The molecule has 1 aromatic rings. The Balaban J connectivity index is 2.27. The highest BCUT2D eigenvalue weighted by Crippen LogP contribution is 2.35. The molecular formula is C13H16N2O. The second-order valence-corrected chi connectivity index (χ2v) is 4.42. The second-order valence-electron chi connectivity index (χ2n) is 4.42. The van der Waals surface area contributed by atoms with E-state index < -0.39 is 5.60 Å². The van der Waals surface area contributed by atoms with E-state index in [-0.39, 0.29) is 12.0 Å². The summed E-state index contributed by atoms with van der Waals surface area (Å²) in [5, 5.41) is 22.6. The Hall–Kier alpha value is -1.37. The smallest absolute Gasteiger partial charge is 0.156 e. The van der Waals surface area contributed by atoms with Crippen LogP contribution in [0, 0.1) is 17.2 Å². The van der Waals surface area contributed by atoms with Gasteiger partial charge < -0.3 is 10.4 Å². The monoisotopic (exact) mass is 216 g/mol. The van der Waals surface area contributed by atoms with E-state index in [0.29, 0.717) is 13.0 Å². The van der Waals surface area contributed by atoms with Gasteiger partial charge in [0.1, 0.15) is 0 Å². The predicted octanol–water partition coefficient (Wildman–Crippen LogP) is 1.61. The van der Waals surface area contributed by atoms with Gasteiger partial charge in [-0.2, -0.15) is 5.26 Å². The van der Waals surface area contributed by atoms with Crippen molar-refractivity contribution in [2.45, 2.75) is 25.0 Å². The van der Waals surface area contributed by atoms with Crippen LogP contribution >= 0.6 is 0 Å². The van der Waals surface area contributed by atoms with E-state index in [4.69, 9.17) is 5.26 Å². The van der Waals surface area contributed by atoms with Crippen molar-refractivity contribution < 1.29 is 5.11 Å². The van der Waals surface area contributed by atoms with Crippen LogP contribution in [0.2, 0.25) is 0 Å². The highest BCUT2D eigenvalue weighted by molar-refractivity contribution is 5.23. The van der Waals surface area contributed by atoms with Gasteiger partial charge in [-0.1, -0.05) is 37.3 Å². The molecule has 0 radical (unpaired) electrons. The van der Waals surface area contributed by atoms with Crippen molar-refractivity contribution in [3.05, 3.63) is 35.9 Å². The van der Waals surface area contributed by atoms with Gasteiger partial charge in [-0.15, -0.1) is 0 Å². The van der Waals surface area contributed by atoms with Gasteiger partial charge in [0.15, 0.2) is 5.60 Å². The van der Waals surface area contributed by atoms with Crippen LogP contribution in [0.5, 0.6) is 0 Å². The first-order chi connectivity index (χ1) is 7.67. The molecule has 0 unspecified atom stereocenters. The van der Waals surface area contributed by atoms with E-state index in [0.717, 1.165) is 5.56 Å². The zero-order valence-corrected chi connectivity index (χ0v) is 9.35. The lowest BCUT2D eigenvalue weighted by Crippen LogP contribution is -2.49. The Morgan fingerprint density at radius 1 is 1.44 bits per heavy atom. The number of hydrogen-bond acceptors (Lipinski definition) is 3. The van der Waals surface area contributed by atoms with E-state index in [2.05, 4.69) is 5.32 Å². The van der Waals surface area contributed by atoms with E-state index in [1.54, 1.807) is 0 Å². The molecule has 1 aromatic carbocycles. The third-order valence-electron chi connectivity index (χ3n) is 3.48. The number of piperidine rings is 1. The molecule has 0 aromatic heterocycles. The number of benzene rings is 1. The van der Waals surface area contributed by atoms with Gasteiger partial charge in [-0.05, 0) is 12.1 Å². The SMILES string of the molecule is C[C@@H]1[C@@H](c2ccccc2)NCC[C@@]1(O)C#N. The summed E-state index contributed by atoms with van der Waals surface area (Å²) in [6.07, 6.45) is 0.494. The highest BCUT2D eigenvalue weighted by atomic mass is 16.3. The molecule has 0 amide bonds. The molecule has 1 aliphatic rings. The zero-order chi connectivity index (χ0) is 11.6. The van der Waals surface area contributed by atoms with Crippen molar-refractivity contribution >= 4 is 0 Å². The summed E-state index contributed by atoms with van der Waals surface area (Å²) in [7, 11) is 0. The van der Waals surface area contributed by atoms with Crippen molar-refractivity contribution in [2.24, 2.45) is 5.92 Å². The highest BCUT2D eigenvalue weighted by Gasteiger charge is 2.42. The van der Waals surface area contributed by atoms with Crippen LogP contribution in [-0.2, 0) is 0 Å². The maximum absolute atomic E-state index is 10.2. The van der Waals surface area contributed by atoms with Gasteiger partial charge >= 0.3 is 0 Å². The van der Waals surface area contributed by atoms with Crippen molar-refractivity contribution in [1.82, 2.24) is 5.32 Å². The summed E-state index contributed by atoms with van der Waals surface area (Å²) >= 11 is 0. The molecule has 1 heterocycles. The Labute approximate surface area is 95.7 Å². The maximum atomic E-state index is 10.2. The standard InChI is InChI=1S/C13H16N2O/c1-10-12(11-5-3-2-4-6-11)15-8-7-13(10,16)9-14/h2-6,10,12,15-16H,7-8H2,1H3/t10-,12+,13-/m1/s1. The lowest BCUT2D eigenvalue weighted by molar-refractivity contribution is -0.00372. The summed E-state index contributed by atoms with van der Waals surface area (Å²) < 4.78 is 0. The van der Waals surface area contributed by atoms with Crippen LogP contribution in [0.3, 0.4) is 0 Å².